The van der Waals surface area contributed by atoms with Crippen molar-refractivity contribution in [2.24, 2.45) is 11.5 Å². The molecule has 0 saturated carbocycles. The first-order chi connectivity index (χ1) is 6.70. The molecule has 1 atom stereocenters. The van der Waals surface area contributed by atoms with E-state index in [1.807, 2.05) is 0 Å². The number of aromatic nitrogens is 1. The predicted molar refractivity (Wildman–Crippen MR) is 59.0 cm³/mol. The van der Waals surface area contributed by atoms with Crippen LogP contribution >= 0.6 is 0 Å². The lowest BCUT2D eigenvalue weighted by molar-refractivity contribution is 0.718. The molecule has 0 unspecified atom stereocenters. The van der Waals surface area contributed by atoms with Gasteiger partial charge in [-0.15, -0.1) is 0 Å². The Morgan fingerprint density at radius 2 is 2.14 bits per heavy atom. The molecule has 1 aromatic carbocycles. The molecule has 0 bridgehead atoms. The SMILES string of the molecule is Cc1ccc2[nH]c([C@H](N)CN)cc2c1. The minimum Gasteiger partial charge on any atom is -0.357 e. The first-order valence-electron chi connectivity index (χ1n) is 4.75. The number of nitrogens with one attached hydrogen (secondary N) is 1. The van der Waals surface area contributed by atoms with Gasteiger partial charge in [-0.3, -0.25) is 0 Å². The molecule has 5 N–H and O–H groups in total. The van der Waals surface area contributed by atoms with Crippen LogP contribution in [0.25, 0.3) is 10.9 Å². The summed E-state index contributed by atoms with van der Waals surface area (Å²) in [6.45, 7) is 2.54. The third-order valence-corrected chi connectivity index (χ3v) is 2.45. The van der Waals surface area contributed by atoms with Crippen LogP contribution in [0.15, 0.2) is 24.3 Å². The van der Waals surface area contributed by atoms with Crippen molar-refractivity contribution >= 4 is 10.9 Å². The van der Waals surface area contributed by atoms with Crippen LogP contribution in [-0.2, 0) is 0 Å². The zero-order valence-corrected chi connectivity index (χ0v) is 8.25. The van der Waals surface area contributed by atoms with Gasteiger partial charge in [0, 0.05) is 17.8 Å². The molecule has 2 aromatic rings. The molecular formula is C11H15N3. The molecule has 1 heterocycles. The normalized spacial score (nSPS) is 13.4. The maximum atomic E-state index is 5.84. The van der Waals surface area contributed by atoms with E-state index in [-0.39, 0.29) is 6.04 Å². The topological polar surface area (TPSA) is 67.8 Å². The fourth-order valence-electron chi connectivity index (χ4n) is 1.60. The van der Waals surface area contributed by atoms with Gasteiger partial charge in [0.15, 0.2) is 0 Å². The third kappa shape index (κ3) is 1.52. The molecule has 0 radical (unpaired) electrons. The average Bonchev–Trinajstić information content (AvgIpc) is 2.59. The second kappa shape index (κ2) is 3.44. The molecule has 3 nitrogen and oxygen atoms in total. The Morgan fingerprint density at radius 1 is 1.36 bits per heavy atom. The molecule has 0 saturated heterocycles. The molecule has 0 fully saturated rings. The van der Waals surface area contributed by atoms with Crippen LogP contribution in [0.4, 0.5) is 0 Å². The Morgan fingerprint density at radius 3 is 2.86 bits per heavy atom. The monoisotopic (exact) mass is 189 g/mol. The molecule has 0 aliphatic carbocycles. The van der Waals surface area contributed by atoms with Gasteiger partial charge in [-0.05, 0) is 30.5 Å². The molecule has 1 aromatic heterocycles. The third-order valence-electron chi connectivity index (χ3n) is 2.45. The molecule has 0 aliphatic rings. The number of aromatic amines is 1. The molecule has 2 rings (SSSR count). The maximum absolute atomic E-state index is 5.84. The average molecular weight is 189 g/mol. The Kier molecular flexibility index (Phi) is 2.27. The summed E-state index contributed by atoms with van der Waals surface area (Å²) in [6, 6.07) is 8.26. The highest BCUT2D eigenvalue weighted by Crippen LogP contribution is 2.19. The van der Waals surface area contributed by atoms with Gasteiger partial charge in [0.05, 0.1) is 6.04 Å². The maximum Gasteiger partial charge on any atom is 0.0572 e. The van der Waals surface area contributed by atoms with Gasteiger partial charge in [0.1, 0.15) is 0 Å². The summed E-state index contributed by atoms with van der Waals surface area (Å²) in [7, 11) is 0. The summed E-state index contributed by atoms with van der Waals surface area (Å²) >= 11 is 0. The zero-order chi connectivity index (χ0) is 10.1. The van der Waals surface area contributed by atoms with Crippen molar-refractivity contribution in [3.05, 3.63) is 35.5 Å². The summed E-state index contributed by atoms with van der Waals surface area (Å²) in [4.78, 5) is 3.27. The Labute approximate surface area is 83.1 Å². The van der Waals surface area contributed by atoms with Gasteiger partial charge in [0.25, 0.3) is 0 Å². The van der Waals surface area contributed by atoms with E-state index >= 15 is 0 Å². The minimum atomic E-state index is -0.0947. The van der Waals surface area contributed by atoms with Gasteiger partial charge >= 0.3 is 0 Å². The lowest BCUT2D eigenvalue weighted by atomic mass is 10.1. The Bertz CT molecular complexity index is 445. The van der Waals surface area contributed by atoms with E-state index in [4.69, 9.17) is 11.5 Å². The van der Waals surface area contributed by atoms with Crippen LogP contribution in [0.3, 0.4) is 0 Å². The summed E-state index contributed by atoms with van der Waals surface area (Å²) in [5.74, 6) is 0. The predicted octanol–water partition coefficient (Wildman–Crippen LogP) is 1.43. The molecule has 3 heteroatoms. The lowest BCUT2D eigenvalue weighted by Gasteiger charge is -2.03. The van der Waals surface area contributed by atoms with E-state index in [0.717, 1.165) is 11.2 Å². The van der Waals surface area contributed by atoms with Gasteiger partial charge < -0.3 is 16.5 Å². The number of hydrogen-bond donors (Lipinski definition) is 3. The van der Waals surface area contributed by atoms with Crippen LogP contribution < -0.4 is 11.5 Å². The van der Waals surface area contributed by atoms with Crippen molar-refractivity contribution in [3.8, 4) is 0 Å². The summed E-state index contributed by atoms with van der Waals surface area (Å²) in [5, 5.41) is 1.20. The van der Waals surface area contributed by atoms with Crippen molar-refractivity contribution in [3.63, 3.8) is 0 Å². The summed E-state index contributed by atoms with van der Waals surface area (Å²) in [6.07, 6.45) is 0. The van der Waals surface area contributed by atoms with E-state index in [0.29, 0.717) is 6.54 Å². The fourth-order valence-corrected chi connectivity index (χ4v) is 1.60. The van der Waals surface area contributed by atoms with Gasteiger partial charge in [-0.1, -0.05) is 11.6 Å². The Balaban J connectivity index is 2.51. The quantitative estimate of drug-likeness (QED) is 0.669. The zero-order valence-electron chi connectivity index (χ0n) is 8.25. The van der Waals surface area contributed by atoms with Crippen LogP contribution in [0, 0.1) is 6.92 Å². The number of H-pyrrole nitrogens is 1. The number of benzene rings is 1. The van der Waals surface area contributed by atoms with Gasteiger partial charge in [0.2, 0.25) is 0 Å². The van der Waals surface area contributed by atoms with Crippen molar-refractivity contribution < 1.29 is 0 Å². The second-order valence-corrected chi connectivity index (χ2v) is 3.66. The fraction of sp³-hybridized carbons (Fsp3) is 0.273. The number of nitrogens with two attached hydrogens (primary N) is 2. The summed E-state index contributed by atoms with van der Waals surface area (Å²) < 4.78 is 0. The highest BCUT2D eigenvalue weighted by molar-refractivity contribution is 5.81. The van der Waals surface area contributed by atoms with Crippen molar-refractivity contribution in [2.45, 2.75) is 13.0 Å². The van der Waals surface area contributed by atoms with Crippen LogP contribution in [0.1, 0.15) is 17.3 Å². The first-order valence-corrected chi connectivity index (χ1v) is 4.75. The molecule has 0 spiro atoms. The van der Waals surface area contributed by atoms with E-state index in [1.165, 1.54) is 10.9 Å². The molecule has 0 amide bonds. The Hall–Kier alpha value is -1.32. The number of rotatable bonds is 2. The van der Waals surface area contributed by atoms with Crippen molar-refractivity contribution in [1.82, 2.24) is 4.98 Å². The number of aryl methyl sites for hydroxylation is 1. The van der Waals surface area contributed by atoms with E-state index < -0.39 is 0 Å². The highest BCUT2D eigenvalue weighted by Gasteiger charge is 2.06. The van der Waals surface area contributed by atoms with Crippen molar-refractivity contribution in [2.75, 3.05) is 6.54 Å². The van der Waals surface area contributed by atoms with Crippen molar-refractivity contribution in [1.29, 1.82) is 0 Å². The van der Waals surface area contributed by atoms with Crippen LogP contribution in [0.5, 0.6) is 0 Å². The molecular weight excluding hydrogens is 174 g/mol. The molecule has 74 valence electrons. The number of hydrogen-bond acceptors (Lipinski definition) is 2. The summed E-state index contributed by atoms with van der Waals surface area (Å²) in [5.41, 5.74) is 14.7. The molecule has 0 aliphatic heterocycles. The molecule has 14 heavy (non-hydrogen) atoms. The largest absolute Gasteiger partial charge is 0.357 e. The van der Waals surface area contributed by atoms with Crippen LogP contribution in [-0.4, -0.2) is 11.5 Å². The minimum absolute atomic E-state index is 0.0947. The second-order valence-electron chi connectivity index (χ2n) is 3.66. The number of fused-ring (bicyclic) bond motifs is 1. The van der Waals surface area contributed by atoms with Crippen LogP contribution in [0.2, 0.25) is 0 Å². The highest BCUT2D eigenvalue weighted by atomic mass is 14.8. The van der Waals surface area contributed by atoms with E-state index in [9.17, 15) is 0 Å². The van der Waals surface area contributed by atoms with Gasteiger partial charge in [-0.2, -0.15) is 0 Å². The first kappa shape index (κ1) is 9.24. The van der Waals surface area contributed by atoms with Gasteiger partial charge in [-0.25, -0.2) is 0 Å². The lowest BCUT2D eigenvalue weighted by Crippen LogP contribution is -2.20. The van der Waals surface area contributed by atoms with E-state index in [2.05, 4.69) is 36.2 Å². The standard InChI is InChI=1S/C11H15N3/c1-7-2-3-10-8(4-7)5-11(14-10)9(13)6-12/h2-5,9,14H,6,12-13H2,1H3/t9-/m1/s1. The van der Waals surface area contributed by atoms with E-state index in [1.54, 1.807) is 0 Å². The smallest absolute Gasteiger partial charge is 0.0572 e.